The Kier molecular flexibility index (Phi) is 3.40. The number of carbonyl (C=O) groups excluding carboxylic acids is 1. The van der Waals surface area contributed by atoms with E-state index in [0.29, 0.717) is 10.9 Å². The van der Waals surface area contributed by atoms with E-state index < -0.39 is 0 Å². The van der Waals surface area contributed by atoms with Gasteiger partial charge in [0.15, 0.2) is 5.17 Å². The van der Waals surface area contributed by atoms with Gasteiger partial charge < -0.3 is 9.73 Å². The van der Waals surface area contributed by atoms with Gasteiger partial charge in [-0.25, -0.2) is 0 Å². The van der Waals surface area contributed by atoms with Gasteiger partial charge in [0.05, 0.1) is 17.7 Å². The van der Waals surface area contributed by atoms with Crippen molar-refractivity contribution in [2.24, 2.45) is 10.2 Å². The Labute approximate surface area is 97.0 Å². The second kappa shape index (κ2) is 4.98. The summed E-state index contributed by atoms with van der Waals surface area (Å²) in [5.41, 5.74) is 0. The second-order valence-electron chi connectivity index (χ2n) is 3.17. The summed E-state index contributed by atoms with van der Waals surface area (Å²) >= 11 is 1.40. The number of amides is 1. The van der Waals surface area contributed by atoms with Gasteiger partial charge in [-0.3, -0.25) is 4.79 Å². The monoisotopic (exact) mass is 237 g/mol. The Morgan fingerprint density at radius 2 is 2.56 bits per heavy atom. The number of hydrogen-bond donors (Lipinski definition) is 1. The quantitative estimate of drug-likeness (QED) is 0.641. The number of rotatable bonds is 3. The number of nitrogens with zero attached hydrogens (tertiary/aromatic N) is 2. The summed E-state index contributed by atoms with van der Waals surface area (Å²) in [6, 6.07) is 3.55. The topological polar surface area (TPSA) is 67.0 Å². The molecule has 0 unspecified atom stereocenters. The van der Waals surface area contributed by atoms with Gasteiger partial charge in [-0.15, -0.1) is 5.10 Å². The summed E-state index contributed by atoms with van der Waals surface area (Å²) in [7, 11) is 0. The Bertz CT molecular complexity index is 425. The Balaban J connectivity index is 1.97. The van der Waals surface area contributed by atoms with E-state index >= 15 is 0 Å². The molecule has 1 fully saturated rings. The van der Waals surface area contributed by atoms with Crippen LogP contribution in [-0.4, -0.2) is 22.5 Å². The highest BCUT2D eigenvalue weighted by atomic mass is 32.2. The van der Waals surface area contributed by atoms with Crippen LogP contribution in [0.2, 0.25) is 0 Å². The lowest BCUT2D eigenvalue weighted by molar-refractivity contribution is -0.118. The average molecular weight is 237 g/mol. The van der Waals surface area contributed by atoms with Crippen molar-refractivity contribution < 1.29 is 9.21 Å². The maximum Gasteiger partial charge on any atom is 0.239 e. The zero-order chi connectivity index (χ0) is 11.4. The standard InChI is InChI=1S/C10H11N3O2S/c1-2-8-9(14)12-10(16-8)13-11-6-7-4-3-5-15-7/h3-6,8H,2H2,1H3,(H,12,13,14)/b11-6-/t8-/m0/s1. The maximum absolute atomic E-state index is 11.3. The Morgan fingerprint density at radius 1 is 1.69 bits per heavy atom. The zero-order valence-electron chi connectivity index (χ0n) is 8.71. The molecule has 0 radical (unpaired) electrons. The van der Waals surface area contributed by atoms with Crippen molar-refractivity contribution in [1.82, 2.24) is 5.32 Å². The molecule has 1 saturated heterocycles. The lowest BCUT2D eigenvalue weighted by Gasteiger charge is -1.95. The minimum absolute atomic E-state index is 0.000511. The summed E-state index contributed by atoms with van der Waals surface area (Å²) in [6.45, 7) is 1.96. The Morgan fingerprint density at radius 3 is 3.19 bits per heavy atom. The molecule has 2 rings (SSSR count). The third kappa shape index (κ3) is 2.52. The molecule has 0 bridgehead atoms. The molecule has 0 aliphatic carbocycles. The van der Waals surface area contributed by atoms with Crippen LogP contribution < -0.4 is 5.32 Å². The minimum atomic E-state index is -0.0439. The number of hydrogen-bond acceptors (Lipinski definition) is 5. The number of thioether (sulfide) groups is 1. The molecule has 0 aromatic carbocycles. The van der Waals surface area contributed by atoms with Gasteiger partial charge in [0.1, 0.15) is 5.76 Å². The van der Waals surface area contributed by atoms with Crippen molar-refractivity contribution in [3.8, 4) is 0 Å². The lowest BCUT2D eigenvalue weighted by atomic mass is 10.3. The van der Waals surface area contributed by atoms with Gasteiger partial charge in [0.25, 0.3) is 0 Å². The van der Waals surface area contributed by atoms with Crippen molar-refractivity contribution in [3.05, 3.63) is 24.2 Å². The van der Waals surface area contributed by atoms with E-state index in [0.717, 1.165) is 6.42 Å². The van der Waals surface area contributed by atoms with Crippen LogP contribution in [0.25, 0.3) is 0 Å². The van der Waals surface area contributed by atoms with Gasteiger partial charge in [0, 0.05) is 0 Å². The Hall–Kier alpha value is -1.56. The maximum atomic E-state index is 11.3. The highest BCUT2D eigenvalue weighted by Crippen LogP contribution is 2.21. The van der Waals surface area contributed by atoms with Crippen LogP contribution in [0.4, 0.5) is 0 Å². The molecule has 2 heterocycles. The lowest BCUT2D eigenvalue weighted by Crippen LogP contribution is -2.24. The molecule has 16 heavy (non-hydrogen) atoms. The van der Waals surface area contributed by atoms with Gasteiger partial charge in [-0.05, 0) is 18.6 Å². The third-order valence-electron chi connectivity index (χ3n) is 2.02. The molecule has 0 saturated carbocycles. The molecular weight excluding hydrogens is 226 g/mol. The molecule has 5 nitrogen and oxygen atoms in total. The molecule has 1 aliphatic heterocycles. The fourth-order valence-electron chi connectivity index (χ4n) is 1.22. The van der Waals surface area contributed by atoms with E-state index in [9.17, 15) is 4.79 Å². The summed E-state index contributed by atoms with van der Waals surface area (Å²) in [4.78, 5) is 11.3. The van der Waals surface area contributed by atoms with Crippen LogP contribution in [-0.2, 0) is 4.79 Å². The molecule has 1 atom stereocenters. The fraction of sp³-hybridized carbons (Fsp3) is 0.300. The largest absolute Gasteiger partial charge is 0.463 e. The first-order valence-electron chi connectivity index (χ1n) is 4.91. The normalized spacial score (nSPS) is 23.2. The van der Waals surface area contributed by atoms with Gasteiger partial charge in [0.2, 0.25) is 5.91 Å². The molecule has 1 amide bonds. The van der Waals surface area contributed by atoms with E-state index in [-0.39, 0.29) is 11.2 Å². The van der Waals surface area contributed by atoms with E-state index in [1.165, 1.54) is 18.0 Å². The van der Waals surface area contributed by atoms with Crippen LogP contribution in [0, 0.1) is 0 Å². The summed E-state index contributed by atoms with van der Waals surface area (Å²) < 4.78 is 5.05. The molecule has 0 spiro atoms. The molecule has 6 heteroatoms. The molecule has 1 aromatic heterocycles. The number of amidine groups is 1. The van der Waals surface area contributed by atoms with Crippen molar-refractivity contribution >= 4 is 29.1 Å². The first kappa shape index (κ1) is 10.9. The molecule has 1 aromatic rings. The molecular formula is C10H11N3O2S. The van der Waals surface area contributed by atoms with E-state index in [4.69, 9.17) is 4.42 Å². The minimum Gasteiger partial charge on any atom is -0.463 e. The molecule has 1 N–H and O–H groups in total. The fourth-order valence-corrected chi connectivity index (χ4v) is 2.08. The highest BCUT2D eigenvalue weighted by molar-refractivity contribution is 8.15. The van der Waals surface area contributed by atoms with Crippen LogP contribution in [0.5, 0.6) is 0 Å². The number of carbonyl (C=O) groups is 1. The summed E-state index contributed by atoms with van der Waals surface area (Å²) in [5.74, 6) is 0.630. The predicted octanol–water partition coefficient (Wildman–Crippen LogP) is 1.61. The van der Waals surface area contributed by atoms with E-state index in [2.05, 4.69) is 15.5 Å². The van der Waals surface area contributed by atoms with Crippen molar-refractivity contribution in [2.75, 3.05) is 0 Å². The summed E-state index contributed by atoms with van der Waals surface area (Å²) in [5, 5.41) is 10.9. The number of furan rings is 1. The van der Waals surface area contributed by atoms with Crippen molar-refractivity contribution in [2.45, 2.75) is 18.6 Å². The van der Waals surface area contributed by atoms with Gasteiger partial charge in [-0.1, -0.05) is 18.7 Å². The smallest absolute Gasteiger partial charge is 0.239 e. The van der Waals surface area contributed by atoms with Crippen molar-refractivity contribution in [1.29, 1.82) is 0 Å². The zero-order valence-corrected chi connectivity index (χ0v) is 9.53. The molecule has 1 aliphatic rings. The predicted molar refractivity (Wildman–Crippen MR) is 63.5 cm³/mol. The van der Waals surface area contributed by atoms with Crippen LogP contribution in [0.3, 0.4) is 0 Å². The first-order chi connectivity index (χ1) is 7.79. The average Bonchev–Trinajstić information content (AvgIpc) is 2.88. The van der Waals surface area contributed by atoms with Gasteiger partial charge in [-0.2, -0.15) is 5.10 Å². The van der Waals surface area contributed by atoms with E-state index in [1.807, 2.05) is 6.92 Å². The molecule has 84 valence electrons. The summed E-state index contributed by atoms with van der Waals surface area (Å²) in [6.07, 6.45) is 3.85. The van der Waals surface area contributed by atoms with E-state index in [1.54, 1.807) is 18.4 Å². The van der Waals surface area contributed by atoms with Crippen LogP contribution >= 0.6 is 11.8 Å². The number of nitrogens with one attached hydrogen (secondary N) is 1. The first-order valence-corrected chi connectivity index (χ1v) is 5.79. The van der Waals surface area contributed by atoms with Crippen LogP contribution in [0.1, 0.15) is 19.1 Å². The highest BCUT2D eigenvalue weighted by Gasteiger charge is 2.28. The second-order valence-corrected chi connectivity index (χ2v) is 4.36. The van der Waals surface area contributed by atoms with Gasteiger partial charge >= 0.3 is 0 Å². The SMILES string of the molecule is CC[C@@H]1S/C(=N\N=C/c2ccco2)NC1=O. The third-order valence-corrected chi connectivity index (χ3v) is 3.26. The van der Waals surface area contributed by atoms with Crippen LogP contribution in [0.15, 0.2) is 33.0 Å². The van der Waals surface area contributed by atoms with Crippen molar-refractivity contribution in [3.63, 3.8) is 0 Å².